The summed E-state index contributed by atoms with van der Waals surface area (Å²) in [5, 5.41) is 14.0. The highest BCUT2D eigenvalue weighted by Crippen LogP contribution is 2.27. The van der Waals surface area contributed by atoms with Crippen molar-refractivity contribution in [2.75, 3.05) is 17.1 Å². The van der Waals surface area contributed by atoms with Gasteiger partial charge in [-0.15, -0.1) is 0 Å². The van der Waals surface area contributed by atoms with Gasteiger partial charge in [0.15, 0.2) is 0 Å². The zero-order valence-electron chi connectivity index (χ0n) is 18.1. The van der Waals surface area contributed by atoms with Gasteiger partial charge >= 0.3 is 0 Å². The Hall–Kier alpha value is -2.94. The fraction of sp³-hybridized carbons (Fsp3) is 0.409. The SMILES string of the molecule is Cc1ccc([N+](=O)[O-])cc1N(CCCC(=O)N[C@H](C)CCc1ccccc1)S(C)(=O)=O. The summed E-state index contributed by atoms with van der Waals surface area (Å²) in [5.41, 5.74) is 1.89. The normalized spacial score (nSPS) is 12.2. The molecule has 0 saturated carbocycles. The molecule has 0 radical (unpaired) electrons. The molecule has 0 aliphatic rings. The number of anilines is 1. The molecule has 168 valence electrons. The second kappa shape index (κ2) is 10.9. The van der Waals surface area contributed by atoms with E-state index in [1.54, 1.807) is 6.92 Å². The number of hydrogen-bond donors (Lipinski definition) is 1. The molecule has 2 rings (SSSR count). The number of non-ortho nitro benzene ring substituents is 1. The Bertz CT molecular complexity index is 1010. The lowest BCUT2D eigenvalue weighted by Gasteiger charge is -2.24. The second-order valence-electron chi connectivity index (χ2n) is 7.66. The molecule has 2 aromatic rings. The van der Waals surface area contributed by atoms with Gasteiger partial charge in [0.25, 0.3) is 5.69 Å². The van der Waals surface area contributed by atoms with E-state index in [2.05, 4.69) is 5.32 Å². The number of aryl methyl sites for hydroxylation is 2. The summed E-state index contributed by atoms with van der Waals surface area (Å²) in [5.74, 6) is -0.148. The summed E-state index contributed by atoms with van der Waals surface area (Å²) in [6.07, 6.45) is 3.17. The topological polar surface area (TPSA) is 110 Å². The number of benzene rings is 2. The molecule has 0 aliphatic carbocycles. The van der Waals surface area contributed by atoms with Gasteiger partial charge in [-0.1, -0.05) is 36.4 Å². The molecule has 1 atom stereocenters. The Morgan fingerprint density at radius 2 is 1.87 bits per heavy atom. The van der Waals surface area contributed by atoms with Gasteiger partial charge in [-0.2, -0.15) is 0 Å². The van der Waals surface area contributed by atoms with Gasteiger partial charge in [-0.3, -0.25) is 19.2 Å². The van der Waals surface area contributed by atoms with Gasteiger partial charge in [0.05, 0.1) is 16.9 Å². The highest BCUT2D eigenvalue weighted by molar-refractivity contribution is 7.92. The van der Waals surface area contributed by atoms with Gasteiger partial charge in [0, 0.05) is 31.1 Å². The first-order chi connectivity index (χ1) is 14.6. The summed E-state index contributed by atoms with van der Waals surface area (Å²) in [4.78, 5) is 22.8. The third kappa shape index (κ3) is 7.67. The van der Waals surface area contributed by atoms with Crippen molar-refractivity contribution in [2.24, 2.45) is 0 Å². The quantitative estimate of drug-likeness (QED) is 0.418. The highest BCUT2D eigenvalue weighted by Gasteiger charge is 2.22. The highest BCUT2D eigenvalue weighted by atomic mass is 32.2. The first kappa shape index (κ1) is 24.3. The van der Waals surface area contributed by atoms with Crippen LogP contribution in [0.2, 0.25) is 0 Å². The van der Waals surface area contributed by atoms with Crippen LogP contribution < -0.4 is 9.62 Å². The Morgan fingerprint density at radius 1 is 1.19 bits per heavy atom. The minimum absolute atomic E-state index is 0.00210. The monoisotopic (exact) mass is 447 g/mol. The molecule has 31 heavy (non-hydrogen) atoms. The molecule has 0 aromatic heterocycles. The number of rotatable bonds is 11. The molecule has 0 spiro atoms. The van der Waals surface area contributed by atoms with E-state index >= 15 is 0 Å². The number of sulfonamides is 1. The van der Waals surface area contributed by atoms with E-state index in [1.807, 2.05) is 37.3 Å². The Kier molecular flexibility index (Phi) is 8.56. The molecule has 8 nitrogen and oxygen atoms in total. The molecule has 2 aromatic carbocycles. The van der Waals surface area contributed by atoms with Crippen LogP contribution in [0.15, 0.2) is 48.5 Å². The summed E-state index contributed by atoms with van der Waals surface area (Å²) in [6.45, 7) is 3.70. The lowest BCUT2D eigenvalue weighted by atomic mass is 10.1. The van der Waals surface area contributed by atoms with Crippen LogP contribution in [-0.2, 0) is 21.2 Å². The van der Waals surface area contributed by atoms with Crippen molar-refractivity contribution in [2.45, 2.75) is 45.6 Å². The molecular formula is C22H29N3O5S. The largest absolute Gasteiger partial charge is 0.354 e. The van der Waals surface area contributed by atoms with Crippen LogP contribution in [0, 0.1) is 17.0 Å². The molecular weight excluding hydrogens is 418 g/mol. The van der Waals surface area contributed by atoms with Crippen molar-refractivity contribution in [1.29, 1.82) is 0 Å². The number of carbonyl (C=O) groups is 1. The van der Waals surface area contributed by atoms with Crippen LogP contribution in [0.1, 0.15) is 37.3 Å². The van der Waals surface area contributed by atoms with Crippen molar-refractivity contribution in [1.82, 2.24) is 5.32 Å². The third-order valence-electron chi connectivity index (χ3n) is 4.95. The maximum atomic E-state index is 12.3. The van der Waals surface area contributed by atoms with E-state index in [0.29, 0.717) is 12.0 Å². The van der Waals surface area contributed by atoms with E-state index in [4.69, 9.17) is 0 Å². The van der Waals surface area contributed by atoms with Gasteiger partial charge in [-0.25, -0.2) is 8.42 Å². The molecule has 9 heteroatoms. The fourth-order valence-electron chi connectivity index (χ4n) is 3.28. The lowest BCUT2D eigenvalue weighted by molar-refractivity contribution is -0.384. The first-order valence-corrected chi connectivity index (χ1v) is 12.0. The average molecular weight is 448 g/mol. The third-order valence-corrected chi connectivity index (χ3v) is 6.13. The van der Waals surface area contributed by atoms with E-state index in [-0.39, 0.29) is 36.3 Å². The molecule has 0 unspecified atom stereocenters. The smallest absolute Gasteiger partial charge is 0.271 e. The van der Waals surface area contributed by atoms with Gasteiger partial charge in [-0.05, 0) is 44.2 Å². The van der Waals surface area contributed by atoms with Crippen molar-refractivity contribution in [3.8, 4) is 0 Å². The van der Waals surface area contributed by atoms with Crippen molar-refractivity contribution < 1.29 is 18.1 Å². The van der Waals surface area contributed by atoms with Crippen molar-refractivity contribution in [3.05, 3.63) is 69.8 Å². The molecule has 1 N–H and O–H groups in total. The van der Waals surface area contributed by atoms with Crippen LogP contribution >= 0.6 is 0 Å². The van der Waals surface area contributed by atoms with Gasteiger partial charge in [0.1, 0.15) is 0 Å². The standard InChI is InChI=1S/C22H29N3O5S/c1-17-11-14-20(25(27)28)16-21(17)24(31(3,29)30)15-7-10-22(26)23-18(2)12-13-19-8-5-4-6-9-19/h4-6,8-9,11,14,16,18H,7,10,12-13,15H2,1-3H3,(H,23,26)/t18-/m1/s1. The minimum atomic E-state index is -3.66. The number of nitrogens with zero attached hydrogens (tertiary/aromatic N) is 2. The minimum Gasteiger partial charge on any atom is -0.354 e. The second-order valence-corrected chi connectivity index (χ2v) is 9.57. The van der Waals surface area contributed by atoms with Crippen LogP contribution in [-0.4, -0.2) is 38.1 Å². The zero-order chi connectivity index (χ0) is 23.0. The maximum absolute atomic E-state index is 12.3. The zero-order valence-corrected chi connectivity index (χ0v) is 18.9. The molecule has 0 bridgehead atoms. The maximum Gasteiger partial charge on any atom is 0.271 e. The number of nitrogens with one attached hydrogen (secondary N) is 1. The number of nitro benzene ring substituents is 1. The number of nitro groups is 1. The summed E-state index contributed by atoms with van der Waals surface area (Å²) in [7, 11) is -3.66. The molecule has 0 heterocycles. The Morgan fingerprint density at radius 3 is 2.48 bits per heavy atom. The van der Waals surface area contributed by atoms with Crippen molar-refractivity contribution in [3.63, 3.8) is 0 Å². The Balaban J connectivity index is 1.92. The van der Waals surface area contributed by atoms with Crippen LogP contribution in [0.25, 0.3) is 0 Å². The fourth-order valence-corrected chi connectivity index (χ4v) is 4.29. The average Bonchev–Trinajstić information content (AvgIpc) is 2.70. The lowest BCUT2D eigenvalue weighted by Crippen LogP contribution is -2.35. The molecule has 0 aliphatic heterocycles. The van der Waals surface area contributed by atoms with Crippen LogP contribution in [0.3, 0.4) is 0 Å². The number of amides is 1. The molecule has 0 saturated heterocycles. The summed E-state index contributed by atoms with van der Waals surface area (Å²) < 4.78 is 25.7. The molecule has 1 amide bonds. The summed E-state index contributed by atoms with van der Waals surface area (Å²) >= 11 is 0. The number of hydrogen-bond acceptors (Lipinski definition) is 5. The number of carbonyl (C=O) groups excluding carboxylic acids is 1. The predicted octanol–water partition coefficient (Wildman–Crippen LogP) is 3.59. The van der Waals surface area contributed by atoms with E-state index < -0.39 is 14.9 Å². The Labute approximate surface area is 183 Å². The van der Waals surface area contributed by atoms with E-state index in [1.165, 1.54) is 23.8 Å². The van der Waals surface area contributed by atoms with Crippen LogP contribution in [0.4, 0.5) is 11.4 Å². The van der Waals surface area contributed by atoms with E-state index in [0.717, 1.165) is 23.4 Å². The first-order valence-electron chi connectivity index (χ1n) is 10.1. The van der Waals surface area contributed by atoms with Gasteiger partial charge < -0.3 is 5.32 Å². The predicted molar refractivity (Wildman–Crippen MR) is 122 cm³/mol. The summed E-state index contributed by atoms with van der Waals surface area (Å²) in [6, 6.07) is 14.1. The molecule has 0 fully saturated rings. The van der Waals surface area contributed by atoms with E-state index in [9.17, 15) is 23.3 Å². The van der Waals surface area contributed by atoms with Crippen LogP contribution in [0.5, 0.6) is 0 Å². The van der Waals surface area contributed by atoms with Crippen molar-refractivity contribution >= 4 is 27.3 Å². The van der Waals surface area contributed by atoms with Gasteiger partial charge in [0.2, 0.25) is 15.9 Å².